The summed E-state index contributed by atoms with van der Waals surface area (Å²) in [5.41, 5.74) is 1.09. The minimum atomic E-state index is 0.624. The first-order chi connectivity index (χ1) is 7.74. The van der Waals surface area contributed by atoms with Gasteiger partial charge in [-0.1, -0.05) is 25.8 Å². The summed E-state index contributed by atoms with van der Waals surface area (Å²) in [6, 6.07) is 6.81. The monoisotopic (exact) mass is 218 g/mol. The fourth-order valence-corrected chi connectivity index (χ4v) is 2.46. The lowest BCUT2D eigenvalue weighted by atomic mass is 10.0. The van der Waals surface area contributed by atoms with E-state index >= 15 is 0 Å². The molecule has 1 aromatic rings. The van der Waals surface area contributed by atoms with Gasteiger partial charge in [-0.15, -0.1) is 0 Å². The van der Waals surface area contributed by atoms with Crippen molar-refractivity contribution in [3.8, 4) is 0 Å². The number of anilines is 1. The summed E-state index contributed by atoms with van der Waals surface area (Å²) in [6.07, 6.45) is 6.67. The van der Waals surface area contributed by atoms with Crippen LogP contribution in [0, 0.1) is 12.8 Å². The van der Waals surface area contributed by atoms with E-state index in [-0.39, 0.29) is 0 Å². The van der Waals surface area contributed by atoms with Crippen LogP contribution in [0.3, 0.4) is 0 Å². The Kier molecular flexibility index (Phi) is 3.81. The first-order valence-corrected chi connectivity index (χ1v) is 6.44. The minimum absolute atomic E-state index is 0.624. The molecule has 1 heterocycles. The van der Waals surface area contributed by atoms with Gasteiger partial charge in [0.15, 0.2) is 0 Å². The Bertz CT molecular complexity index is 335. The number of aryl methyl sites for hydroxylation is 1. The fraction of sp³-hybridized carbons (Fsp3) is 0.643. The lowest BCUT2D eigenvalue weighted by Gasteiger charge is -2.17. The van der Waals surface area contributed by atoms with Crippen LogP contribution >= 0.6 is 0 Å². The normalized spacial score (nSPS) is 26.1. The molecule has 2 rings (SSSR count). The summed E-state index contributed by atoms with van der Waals surface area (Å²) in [4.78, 5) is 4.51. The Hall–Kier alpha value is -1.05. The van der Waals surface area contributed by atoms with E-state index in [0.29, 0.717) is 6.04 Å². The molecule has 2 heteroatoms. The smallest absolute Gasteiger partial charge is 0.126 e. The van der Waals surface area contributed by atoms with Gasteiger partial charge < -0.3 is 5.32 Å². The molecule has 0 saturated heterocycles. The average Bonchev–Trinajstić information content (AvgIpc) is 2.44. The molecule has 1 aromatic heterocycles. The first kappa shape index (κ1) is 11.4. The lowest BCUT2D eigenvalue weighted by molar-refractivity contribution is 0.502. The molecule has 0 aliphatic heterocycles. The fourth-order valence-electron chi connectivity index (χ4n) is 2.46. The maximum Gasteiger partial charge on any atom is 0.126 e. The van der Waals surface area contributed by atoms with Crippen LogP contribution in [-0.4, -0.2) is 11.0 Å². The van der Waals surface area contributed by atoms with Gasteiger partial charge in [0, 0.05) is 11.7 Å². The molecule has 88 valence electrons. The van der Waals surface area contributed by atoms with Gasteiger partial charge in [0.05, 0.1) is 0 Å². The zero-order chi connectivity index (χ0) is 11.4. The number of nitrogens with one attached hydrogen (secondary N) is 1. The highest BCUT2D eigenvalue weighted by atomic mass is 15.0. The number of pyridine rings is 1. The van der Waals surface area contributed by atoms with Gasteiger partial charge in [-0.2, -0.15) is 0 Å². The van der Waals surface area contributed by atoms with Gasteiger partial charge >= 0.3 is 0 Å². The van der Waals surface area contributed by atoms with E-state index in [1.165, 1.54) is 32.1 Å². The van der Waals surface area contributed by atoms with Gasteiger partial charge in [-0.25, -0.2) is 4.98 Å². The summed E-state index contributed by atoms with van der Waals surface area (Å²) in [7, 11) is 0. The molecule has 0 aromatic carbocycles. The van der Waals surface area contributed by atoms with Crippen molar-refractivity contribution in [2.75, 3.05) is 5.32 Å². The molecular formula is C14H22N2. The van der Waals surface area contributed by atoms with Crippen molar-refractivity contribution in [1.82, 2.24) is 4.98 Å². The Morgan fingerprint density at radius 3 is 2.88 bits per heavy atom. The highest BCUT2D eigenvalue weighted by molar-refractivity contribution is 5.36. The highest BCUT2D eigenvalue weighted by Gasteiger charge is 2.16. The van der Waals surface area contributed by atoms with Crippen molar-refractivity contribution in [2.24, 2.45) is 5.92 Å². The molecule has 2 unspecified atom stereocenters. The summed E-state index contributed by atoms with van der Waals surface area (Å²) in [6.45, 7) is 4.41. The minimum Gasteiger partial charge on any atom is -0.367 e. The Labute approximate surface area is 98.5 Å². The maximum atomic E-state index is 4.51. The topological polar surface area (TPSA) is 24.9 Å². The molecule has 0 radical (unpaired) electrons. The second kappa shape index (κ2) is 5.33. The lowest BCUT2D eigenvalue weighted by Crippen LogP contribution is -2.19. The van der Waals surface area contributed by atoms with E-state index in [2.05, 4.69) is 29.4 Å². The van der Waals surface area contributed by atoms with Gasteiger partial charge in [0.2, 0.25) is 0 Å². The van der Waals surface area contributed by atoms with E-state index < -0.39 is 0 Å². The predicted octanol–water partition coefficient (Wildman–Crippen LogP) is 3.77. The van der Waals surface area contributed by atoms with Crippen LogP contribution in [0.15, 0.2) is 18.2 Å². The van der Waals surface area contributed by atoms with Gasteiger partial charge in [0.25, 0.3) is 0 Å². The number of nitrogens with zero attached hydrogens (tertiary/aromatic N) is 1. The van der Waals surface area contributed by atoms with Crippen LogP contribution in [0.2, 0.25) is 0 Å². The summed E-state index contributed by atoms with van der Waals surface area (Å²) < 4.78 is 0. The largest absolute Gasteiger partial charge is 0.367 e. The van der Waals surface area contributed by atoms with Crippen molar-refractivity contribution >= 4 is 5.82 Å². The molecule has 2 atom stereocenters. The van der Waals surface area contributed by atoms with E-state index in [9.17, 15) is 0 Å². The van der Waals surface area contributed by atoms with Crippen molar-refractivity contribution in [2.45, 2.75) is 52.0 Å². The molecule has 0 bridgehead atoms. The SMILES string of the molecule is Cc1cccc(NC2CCCC(C)CC2)n1. The zero-order valence-corrected chi connectivity index (χ0v) is 10.4. The third-order valence-corrected chi connectivity index (χ3v) is 3.50. The Morgan fingerprint density at radius 2 is 2.06 bits per heavy atom. The second-order valence-corrected chi connectivity index (χ2v) is 5.12. The van der Waals surface area contributed by atoms with Crippen molar-refractivity contribution in [1.29, 1.82) is 0 Å². The van der Waals surface area contributed by atoms with Crippen molar-refractivity contribution < 1.29 is 0 Å². The van der Waals surface area contributed by atoms with Crippen LogP contribution in [-0.2, 0) is 0 Å². The summed E-state index contributed by atoms with van der Waals surface area (Å²) >= 11 is 0. The first-order valence-electron chi connectivity index (χ1n) is 6.44. The molecule has 2 nitrogen and oxygen atoms in total. The van der Waals surface area contributed by atoms with E-state index in [1.807, 2.05) is 13.0 Å². The van der Waals surface area contributed by atoms with Gasteiger partial charge in [-0.3, -0.25) is 0 Å². The van der Waals surface area contributed by atoms with E-state index in [0.717, 1.165) is 17.4 Å². The Morgan fingerprint density at radius 1 is 1.19 bits per heavy atom. The number of hydrogen-bond donors (Lipinski definition) is 1. The molecule has 0 amide bonds. The Balaban J connectivity index is 1.93. The van der Waals surface area contributed by atoms with Gasteiger partial charge in [0.1, 0.15) is 5.82 Å². The van der Waals surface area contributed by atoms with Crippen LogP contribution in [0.5, 0.6) is 0 Å². The number of rotatable bonds is 2. The van der Waals surface area contributed by atoms with Crippen LogP contribution in [0.25, 0.3) is 0 Å². The number of hydrogen-bond acceptors (Lipinski definition) is 2. The third-order valence-electron chi connectivity index (χ3n) is 3.50. The quantitative estimate of drug-likeness (QED) is 0.764. The average molecular weight is 218 g/mol. The van der Waals surface area contributed by atoms with E-state index in [4.69, 9.17) is 0 Å². The molecule has 1 aliphatic rings. The van der Waals surface area contributed by atoms with Crippen molar-refractivity contribution in [3.05, 3.63) is 23.9 Å². The molecular weight excluding hydrogens is 196 g/mol. The van der Waals surface area contributed by atoms with Gasteiger partial charge in [-0.05, 0) is 44.2 Å². The number of aromatic nitrogens is 1. The molecule has 16 heavy (non-hydrogen) atoms. The maximum absolute atomic E-state index is 4.51. The molecule has 0 spiro atoms. The molecule has 1 aliphatic carbocycles. The molecule has 1 N–H and O–H groups in total. The second-order valence-electron chi connectivity index (χ2n) is 5.12. The molecule has 1 fully saturated rings. The van der Waals surface area contributed by atoms with Crippen LogP contribution in [0.1, 0.15) is 44.7 Å². The van der Waals surface area contributed by atoms with Crippen LogP contribution in [0.4, 0.5) is 5.82 Å². The van der Waals surface area contributed by atoms with E-state index in [1.54, 1.807) is 0 Å². The zero-order valence-electron chi connectivity index (χ0n) is 10.4. The summed E-state index contributed by atoms with van der Waals surface area (Å²) in [5, 5.41) is 3.57. The summed E-state index contributed by atoms with van der Waals surface area (Å²) in [5.74, 6) is 1.94. The third kappa shape index (κ3) is 3.22. The predicted molar refractivity (Wildman–Crippen MR) is 68.6 cm³/mol. The molecule has 1 saturated carbocycles. The standard InChI is InChI=1S/C14H22N2/c1-11-5-3-7-13(10-9-11)16-14-8-4-6-12(2)15-14/h4,6,8,11,13H,3,5,7,9-10H2,1-2H3,(H,15,16). The highest BCUT2D eigenvalue weighted by Crippen LogP contribution is 2.24. The van der Waals surface area contributed by atoms with Crippen LogP contribution < -0.4 is 5.32 Å². The van der Waals surface area contributed by atoms with Crippen molar-refractivity contribution in [3.63, 3.8) is 0 Å².